The van der Waals surface area contributed by atoms with E-state index < -0.39 is 0 Å². The molecule has 1 N–H and O–H groups in total. The molecule has 5 heteroatoms. The van der Waals surface area contributed by atoms with Crippen LogP contribution in [0.4, 0.5) is 0 Å². The first kappa shape index (κ1) is 17.5. The van der Waals surface area contributed by atoms with Gasteiger partial charge in [-0.1, -0.05) is 12.1 Å². The standard InChI is InChI=1S/C21H29N3O2/c1-23-19-6-5-18(20(23)25)13-24(14-19)21(26)17-4-2-3-16(12-17)11-15-7-9-22-10-8-15/h2-4,12,15,18-19,22H,5-11,13-14H2,1H3/t18-,19+/m1/s1. The van der Waals surface area contributed by atoms with Crippen LogP contribution in [0.2, 0.25) is 0 Å². The van der Waals surface area contributed by atoms with Crippen LogP contribution in [-0.4, -0.2) is 60.9 Å². The van der Waals surface area contributed by atoms with Gasteiger partial charge in [0, 0.05) is 31.7 Å². The molecule has 4 heterocycles. The lowest BCUT2D eigenvalue weighted by atomic mass is 9.90. The molecule has 0 saturated carbocycles. The number of rotatable bonds is 3. The molecule has 0 unspecified atom stereocenters. The summed E-state index contributed by atoms with van der Waals surface area (Å²) in [5.41, 5.74) is 2.03. The van der Waals surface area contributed by atoms with Crippen molar-refractivity contribution in [2.45, 2.75) is 38.1 Å². The van der Waals surface area contributed by atoms with E-state index >= 15 is 0 Å². The number of nitrogens with zero attached hydrogens (tertiary/aromatic N) is 2. The van der Waals surface area contributed by atoms with Gasteiger partial charge in [-0.15, -0.1) is 0 Å². The largest absolute Gasteiger partial charge is 0.341 e. The maximum atomic E-state index is 13.1. The van der Waals surface area contributed by atoms with Crippen molar-refractivity contribution < 1.29 is 9.59 Å². The lowest BCUT2D eigenvalue weighted by Crippen LogP contribution is -2.45. The van der Waals surface area contributed by atoms with Gasteiger partial charge < -0.3 is 15.1 Å². The van der Waals surface area contributed by atoms with Gasteiger partial charge in [0.25, 0.3) is 5.91 Å². The van der Waals surface area contributed by atoms with Crippen molar-refractivity contribution in [3.05, 3.63) is 35.4 Å². The van der Waals surface area contributed by atoms with Crippen molar-refractivity contribution in [2.75, 3.05) is 33.2 Å². The predicted molar refractivity (Wildman–Crippen MR) is 101 cm³/mol. The highest BCUT2D eigenvalue weighted by Crippen LogP contribution is 2.29. The van der Waals surface area contributed by atoms with Gasteiger partial charge in [0.15, 0.2) is 0 Å². The first-order valence-electron chi connectivity index (χ1n) is 9.97. The van der Waals surface area contributed by atoms with Gasteiger partial charge >= 0.3 is 0 Å². The topological polar surface area (TPSA) is 52.7 Å². The van der Waals surface area contributed by atoms with Gasteiger partial charge in [-0.3, -0.25) is 9.59 Å². The van der Waals surface area contributed by atoms with Crippen LogP contribution in [0, 0.1) is 11.8 Å². The minimum atomic E-state index is -0.0272. The number of fused-ring (bicyclic) bond motifs is 4. The number of carbonyl (C=O) groups is 2. The van der Waals surface area contributed by atoms with E-state index in [1.54, 1.807) is 0 Å². The summed E-state index contributed by atoms with van der Waals surface area (Å²) in [4.78, 5) is 29.3. The van der Waals surface area contributed by atoms with Crippen molar-refractivity contribution in [3.8, 4) is 0 Å². The zero-order valence-corrected chi connectivity index (χ0v) is 15.6. The zero-order valence-electron chi connectivity index (χ0n) is 15.6. The maximum absolute atomic E-state index is 13.1. The van der Waals surface area contributed by atoms with Crippen LogP contribution in [0.1, 0.15) is 41.6 Å². The fraction of sp³-hybridized carbons (Fsp3) is 0.619. The highest BCUT2D eigenvalue weighted by atomic mass is 16.2. The van der Waals surface area contributed by atoms with Gasteiger partial charge in [0.2, 0.25) is 5.91 Å². The maximum Gasteiger partial charge on any atom is 0.253 e. The third-order valence-corrected chi connectivity index (χ3v) is 6.41. The lowest BCUT2D eigenvalue weighted by Gasteiger charge is -2.32. The van der Waals surface area contributed by atoms with Crippen LogP contribution in [-0.2, 0) is 11.2 Å². The third-order valence-electron chi connectivity index (χ3n) is 6.41. The Morgan fingerprint density at radius 2 is 1.96 bits per heavy atom. The lowest BCUT2D eigenvalue weighted by molar-refractivity contribution is -0.138. The molecule has 1 aromatic rings. The molecule has 2 atom stereocenters. The number of hydrogen-bond donors (Lipinski definition) is 1. The molecule has 2 amide bonds. The van der Waals surface area contributed by atoms with Crippen molar-refractivity contribution in [1.29, 1.82) is 0 Å². The fourth-order valence-electron chi connectivity index (χ4n) is 4.76. The molecule has 4 fully saturated rings. The smallest absolute Gasteiger partial charge is 0.253 e. The summed E-state index contributed by atoms with van der Waals surface area (Å²) in [6.45, 7) is 3.43. The zero-order chi connectivity index (χ0) is 18.1. The van der Waals surface area contributed by atoms with Crippen LogP contribution in [0.5, 0.6) is 0 Å². The van der Waals surface area contributed by atoms with E-state index in [0.717, 1.165) is 37.9 Å². The summed E-state index contributed by atoms with van der Waals surface area (Å²) in [7, 11) is 1.88. The number of hydrogen-bond acceptors (Lipinski definition) is 3. The van der Waals surface area contributed by atoms with Gasteiger partial charge in [-0.25, -0.2) is 0 Å². The molecule has 0 radical (unpaired) electrons. The highest BCUT2D eigenvalue weighted by Gasteiger charge is 2.40. The molecular weight excluding hydrogens is 326 g/mol. The van der Waals surface area contributed by atoms with Crippen LogP contribution >= 0.6 is 0 Å². The molecule has 2 bridgehead atoms. The highest BCUT2D eigenvalue weighted by molar-refractivity contribution is 5.95. The van der Waals surface area contributed by atoms with Gasteiger partial charge in [0.05, 0.1) is 5.92 Å². The van der Waals surface area contributed by atoms with Crippen LogP contribution in [0.25, 0.3) is 0 Å². The Hall–Kier alpha value is -1.88. The Morgan fingerprint density at radius 1 is 1.15 bits per heavy atom. The number of piperidine rings is 2. The van der Waals surface area contributed by atoms with E-state index in [4.69, 9.17) is 0 Å². The molecular formula is C21H29N3O2. The molecule has 4 aliphatic rings. The minimum absolute atomic E-state index is 0.0272. The Kier molecular flexibility index (Phi) is 4.98. The number of nitrogens with one attached hydrogen (secondary N) is 1. The normalized spacial score (nSPS) is 26.9. The quantitative estimate of drug-likeness (QED) is 0.901. The summed E-state index contributed by atoms with van der Waals surface area (Å²) in [6.07, 6.45) is 5.39. The Labute approximate surface area is 155 Å². The number of likely N-dealkylation sites (N-methyl/N-ethyl adjacent to an activating group) is 1. The van der Waals surface area contributed by atoms with Crippen LogP contribution < -0.4 is 5.32 Å². The van der Waals surface area contributed by atoms with Gasteiger partial charge in [0.1, 0.15) is 0 Å². The van der Waals surface area contributed by atoms with Crippen molar-refractivity contribution >= 4 is 11.8 Å². The summed E-state index contributed by atoms with van der Waals surface area (Å²) < 4.78 is 0. The first-order chi connectivity index (χ1) is 12.6. The second-order valence-electron chi connectivity index (χ2n) is 8.19. The Morgan fingerprint density at radius 3 is 2.77 bits per heavy atom. The van der Waals surface area contributed by atoms with Gasteiger partial charge in [-0.05, 0) is 68.8 Å². The molecule has 4 saturated heterocycles. The van der Waals surface area contributed by atoms with E-state index in [1.807, 2.05) is 29.0 Å². The third kappa shape index (κ3) is 3.50. The van der Waals surface area contributed by atoms with Gasteiger partial charge in [-0.2, -0.15) is 0 Å². The summed E-state index contributed by atoms with van der Waals surface area (Å²) in [5.74, 6) is 0.968. The van der Waals surface area contributed by atoms with Crippen LogP contribution in [0.3, 0.4) is 0 Å². The minimum Gasteiger partial charge on any atom is -0.341 e. The van der Waals surface area contributed by atoms with E-state index in [2.05, 4.69) is 17.4 Å². The summed E-state index contributed by atoms with van der Waals surface area (Å²) in [5, 5.41) is 3.41. The predicted octanol–water partition coefficient (Wildman–Crippen LogP) is 1.92. The molecule has 0 spiro atoms. The average molecular weight is 355 g/mol. The Balaban J connectivity index is 1.48. The molecule has 1 aromatic carbocycles. The summed E-state index contributed by atoms with van der Waals surface area (Å²) in [6, 6.07) is 8.31. The number of amides is 2. The SMILES string of the molecule is CN1C(=O)[C@@H]2CC[C@H]1CN(C(=O)c1cccc(CC3CCNCC3)c1)C2. The molecule has 4 aliphatic heterocycles. The average Bonchev–Trinajstić information content (AvgIpc) is 2.95. The fourth-order valence-corrected chi connectivity index (χ4v) is 4.76. The van der Waals surface area contributed by atoms with Crippen molar-refractivity contribution in [2.24, 2.45) is 11.8 Å². The molecule has 5 nitrogen and oxygen atoms in total. The van der Waals surface area contributed by atoms with E-state index in [1.165, 1.54) is 18.4 Å². The molecule has 0 aromatic heterocycles. The molecule has 5 rings (SSSR count). The number of benzene rings is 1. The first-order valence-corrected chi connectivity index (χ1v) is 9.97. The second kappa shape index (κ2) is 7.39. The second-order valence-corrected chi connectivity index (χ2v) is 8.19. The molecule has 140 valence electrons. The van der Waals surface area contributed by atoms with Crippen molar-refractivity contribution in [1.82, 2.24) is 15.1 Å². The molecule has 26 heavy (non-hydrogen) atoms. The molecule has 0 aliphatic carbocycles. The Bertz CT molecular complexity index is 684. The van der Waals surface area contributed by atoms with Crippen LogP contribution in [0.15, 0.2) is 24.3 Å². The van der Waals surface area contributed by atoms with Crippen molar-refractivity contribution in [3.63, 3.8) is 0 Å². The summed E-state index contributed by atoms with van der Waals surface area (Å²) >= 11 is 0. The monoisotopic (exact) mass is 355 g/mol. The number of carbonyl (C=O) groups excluding carboxylic acids is 2. The van der Waals surface area contributed by atoms with E-state index in [0.29, 0.717) is 19.0 Å². The van der Waals surface area contributed by atoms with E-state index in [-0.39, 0.29) is 23.8 Å². The van der Waals surface area contributed by atoms with E-state index in [9.17, 15) is 9.59 Å².